The lowest BCUT2D eigenvalue weighted by Crippen LogP contribution is -2.45. The van der Waals surface area contributed by atoms with Gasteiger partial charge in [0, 0.05) is 12.8 Å². The molecule has 1 amide bonds. The second-order valence-corrected chi connectivity index (χ2v) is 26.0. The van der Waals surface area contributed by atoms with Crippen LogP contribution in [0.25, 0.3) is 0 Å². The minimum absolute atomic E-state index is 0.0162. The van der Waals surface area contributed by atoms with Crippen molar-refractivity contribution in [3.8, 4) is 0 Å². The van der Waals surface area contributed by atoms with Crippen molar-refractivity contribution in [1.29, 1.82) is 0 Å². The quantitative estimate of drug-likeness (QED) is 0.0320. The third-order valence-electron chi connectivity index (χ3n) is 17.7. The van der Waals surface area contributed by atoms with E-state index < -0.39 is 12.1 Å². The van der Waals surface area contributed by atoms with Crippen LogP contribution in [0.15, 0.2) is 24.3 Å². The topological polar surface area (TPSA) is 95.9 Å². The van der Waals surface area contributed by atoms with Crippen LogP contribution >= 0.6 is 0 Å². The molecule has 0 spiro atoms. The number of rotatable bonds is 71. The van der Waals surface area contributed by atoms with Gasteiger partial charge in [-0.25, -0.2) is 0 Å². The predicted molar refractivity (Wildman–Crippen MR) is 361 cm³/mol. The zero-order valence-electron chi connectivity index (χ0n) is 55.8. The Hall–Kier alpha value is -1.66. The first-order valence-corrected chi connectivity index (χ1v) is 37.6. The van der Waals surface area contributed by atoms with E-state index in [1.807, 2.05) is 0 Å². The van der Waals surface area contributed by atoms with Crippen LogP contribution in [0, 0.1) is 0 Å². The number of hydrogen-bond acceptors (Lipinski definition) is 5. The van der Waals surface area contributed by atoms with Crippen molar-refractivity contribution in [3.05, 3.63) is 24.3 Å². The Morgan fingerprint density at radius 1 is 0.329 bits per heavy atom. The number of nitrogens with one attached hydrogen (secondary N) is 1. The van der Waals surface area contributed by atoms with Gasteiger partial charge in [-0.2, -0.15) is 0 Å². The summed E-state index contributed by atoms with van der Waals surface area (Å²) in [5.74, 6) is -0.0124. The van der Waals surface area contributed by atoms with Gasteiger partial charge in [0.15, 0.2) is 0 Å². The van der Waals surface area contributed by atoms with Crippen LogP contribution in [0.2, 0.25) is 0 Å². The summed E-state index contributed by atoms with van der Waals surface area (Å²) in [6.45, 7) is 4.99. The molecule has 486 valence electrons. The first kappa shape index (κ1) is 80.3. The number of aliphatic hydroxyl groups excluding tert-OH is 2. The van der Waals surface area contributed by atoms with E-state index in [1.165, 1.54) is 347 Å². The summed E-state index contributed by atoms with van der Waals surface area (Å²) < 4.78 is 5.51. The molecule has 0 heterocycles. The molecule has 3 N–H and O–H groups in total. The lowest BCUT2D eigenvalue weighted by Gasteiger charge is -2.22. The van der Waals surface area contributed by atoms with Gasteiger partial charge >= 0.3 is 5.97 Å². The van der Waals surface area contributed by atoms with Crippen molar-refractivity contribution in [2.45, 2.75) is 437 Å². The fourth-order valence-corrected chi connectivity index (χ4v) is 12.0. The second-order valence-electron chi connectivity index (χ2n) is 26.0. The molecule has 82 heavy (non-hydrogen) atoms. The molecule has 6 nitrogen and oxygen atoms in total. The molecule has 2 atom stereocenters. The number of carbonyl (C=O) groups is 2. The summed E-state index contributed by atoms with van der Waals surface area (Å²) in [6.07, 6.45) is 91.1. The second kappa shape index (κ2) is 71.8. The number of hydrogen-bond donors (Lipinski definition) is 3. The Morgan fingerprint density at radius 2 is 0.573 bits per heavy atom. The van der Waals surface area contributed by atoms with E-state index in [0.29, 0.717) is 25.9 Å². The van der Waals surface area contributed by atoms with Crippen LogP contribution in [-0.2, 0) is 14.3 Å². The Labute approximate surface area is 513 Å². The Morgan fingerprint density at radius 3 is 0.866 bits per heavy atom. The molecule has 0 aromatic carbocycles. The smallest absolute Gasteiger partial charge is 0.305 e. The minimum atomic E-state index is -0.662. The molecule has 0 radical (unpaired) electrons. The van der Waals surface area contributed by atoms with Crippen LogP contribution in [0.3, 0.4) is 0 Å². The highest BCUT2D eigenvalue weighted by molar-refractivity contribution is 5.76. The van der Waals surface area contributed by atoms with E-state index in [1.54, 1.807) is 0 Å². The summed E-state index contributed by atoms with van der Waals surface area (Å²) in [7, 11) is 0. The van der Waals surface area contributed by atoms with Crippen molar-refractivity contribution in [3.63, 3.8) is 0 Å². The highest BCUT2D eigenvalue weighted by Crippen LogP contribution is 2.19. The molecule has 0 aliphatic rings. The maximum absolute atomic E-state index is 12.5. The van der Waals surface area contributed by atoms with Crippen LogP contribution < -0.4 is 5.32 Å². The normalized spacial score (nSPS) is 12.6. The average Bonchev–Trinajstić information content (AvgIpc) is 3.48. The molecule has 0 aromatic rings. The first-order valence-electron chi connectivity index (χ1n) is 37.6. The molecule has 0 saturated heterocycles. The lowest BCUT2D eigenvalue weighted by molar-refractivity contribution is -0.143. The van der Waals surface area contributed by atoms with Crippen LogP contribution in [0.5, 0.6) is 0 Å². The van der Waals surface area contributed by atoms with E-state index in [2.05, 4.69) is 43.5 Å². The standard InChI is InChI=1S/C76H147NO5/c1-3-5-7-9-11-13-15-17-19-37-42-46-50-54-58-62-66-70-76(81)82-71-67-63-59-55-51-47-43-39-36-34-32-30-28-26-24-22-20-21-23-25-27-29-31-33-35-38-41-45-49-53-57-61-65-69-75(80)77-73(72-78)74(79)68-64-60-56-52-48-44-40-18-16-14-12-10-8-6-4-2/h17,19,24,26,73-74,78-79H,3-16,18,20-23,25,27-72H2,1-2H3,(H,77,80)/b19-17-,26-24-. The zero-order valence-corrected chi connectivity index (χ0v) is 55.8. The van der Waals surface area contributed by atoms with Gasteiger partial charge in [-0.1, -0.05) is 359 Å². The zero-order chi connectivity index (χ0) is 59.2. The van der Waals surface area contributed by atoms with Crippen LogP contribution in [0.4, 0.5) is 0 Å². The van der Waals surface area contributed by atoms with E-state index in [4.69, 9.17) is 4.74 Å². The molecule has 2 unspecified atom stereocenters. The van der Waals surface area contributed by atoms with Gasteiger partial charge in [-0.15, -0.1) is 0 Å². The van der Waals surface area contributed by atoms with E-state index in [9.17, 15) is 19.8 Å². The van der Waals surface area contributed by atoms with Crippen LogP contribution in [-0.4, -0.2) is 47.4 Å². The van der Waals surface area contributed by atoms with E-state index in [0.717, 1.165) is 44.9 Å². The Bertz CT molecular complexity index is 1280. The van der Waals surface area contributed by atoms with Crippen molar-refractivity contribution < 1.29 is 24.5 Å². The highest BCUT2D eigenvalue weighted by atomic mass is 16.5. The number of carbonyl (C=O) groups excluding carboxylic acids is 2. The largest absolute Gasteiger partial charge is 0.466 e. The SMILES string of the molecule is CCCCCCCC/C=C\CCCCCCCCCC(=O)OCCCCCCCCCCCCCC/C=C\CCCCCCCCCCCCCCCCCCCC(=O)NC(CO)C(O)CCCCCCCCCCCCCCCCC. The van der Waals surface area contributed by atoms with Crippen molar-refractivity contribution in [2.24, 2.45) is 0 Å². The summed E-state index contributed by atoms with van der Waals surface area (Å²) in [6, 6.07) is -0.539. The number of amides is 1. The first-order chi connectivity index (χ1) is 40.5. The van der Waals surface area contributed by atoms with Crippen LogP contribution in [0.1, 0.15) is 425 Å². The summed E-state index contributed by atoms with van der Waals surface area (Å²) in [5, 5.41) is 23.3. The number of allylic oxidation sites excluding steroid dienone is 4. The molecule has 0 aliphatic carbocycles. The monoisotopic (exact) mass is 1150 g/mol. The molecule has 0 rings (SSSR count). The molecule has 0 aliphatic heterocycles. The maximum atomic E-state index is 12.5. The van der Waals surface area contributed by atoms with Crippen molar-refractivity contribution >= 4 is 11.9 Å². The fourth-order valence-electron chi connectivity index (χ4n) is 12.0. The number of unbranched alkanes of at least 4 members (excludes halogenated alkanes) is 56. The van der Waals surface area contributed by atoms with Crippen molar-refractivity contribution in [2.75, 3.05) is 13.2 Å². The molecule has 0 fully saturated rings. The molecule has 6 heteroatoms. The molecular weight excluding hydrogens is 1010 g/mol. The Balaban J connectivity index is 3.33. The number of ether oxygens (including phenoxy) is 1. The molecule has 0 bridgehead atoms. The third kappa shape index (κ3) is 67.5. The van der Waals surface area contributed by atoms with Gasteiger partial charge in [0.05, 0.1) is 25.4 Å². The lowest BCUT2D eigenvalue weighted by atomic mass is 10.0. The fraction of sp³-hybridized carbons (Fsp3) is 0.921. The third-order valence-corrected chi connectivity index (χ3v) is 17.7. The Kier molecular flexibility index (Phi) is 70.4. The van der Waals surface area contributed by atoms with Gasteiger partial charge < -0.3 is 20.3 Å². The summed E-state index contributed by atoms with van der Waals surface area (Å²) >= 11 is 0. The van der Waals surface area contributed by atoms with Gasteiger partial charge in [0.1, 0.15) is 0 Å². The number of esters is 1. The average molecular weight is 1160 g/mol. The van der Waals surface area contributed by atoms with Gasteiger partial charge in [-0.05, 0) is 77.0 Å². The maximum Gasteiger partial charge on any atom is 0.305 e. The van der Waals surface area contributed by atoms with E-state index >= 15 is 0 Å². The number of aliphatic hydroxyl groups is 2. The van der Waals surface area contributed by atoms with E-state index in [-0.39, 0.29) is 18.5 Å². The predicted octanol–water partition coefficient (Wildman–Crippen LogP) is 24.5. The molecule has 0 aromatic heterocycles. The van der Waals surface area contributed by atoms with Crippen molar-refractivity contribution in [1.82, 2.24) is 5.32 Å². The van der Waals surface area contributed by atoms with Gasteiger partial charge in [0.2, 0.25) is 5.91 Å². The molecular formula is C76H147NO5. The van der Waals surface area contributed by atoms with Gasteiger partial charge in [-0.3, -0.25) is 9.59 Å². The summed E-state index contributed by atoms with van der Waals surface area (Å²) in [5.41, 5.74) is 0. The minimum Gasteiger partial charge on any atom is -0.466 e. The molecule has 0 saturated carbocycles. The highest BCUT2D eigenvalue weighted by Gasteiger charge is 2.20. The van der Waals surface area contributed by atoms with Gasteiger partial charge in [0.25, 0.3) is 0 Å². The summed E-state index contributed by atoms with van der Waals surface area (Å²) in [4.78, 5) is 24.6.